The van der Waals surface area contributed by atoms with Gasteiger partial charge in [0.2, 0.25) is 0 Å². The van der Waals surface area contributed by atoms with Crippen molar-refractivity contribution in [3.63, 3.8) is 0 Å². The number of halogens is 1. The van der Waals surface area contributed by atoms with E-state index in [1.807, 2.05) is 22.8 Å². The fraction of sp³-hybridized carbons (Fsp3) is 0.333. The minimum atomic E-state index is -3.22. The van der Waals surface area contributed by atoms with Gasteiger partial charge in [0.15, 0.2) is 9.84 Å². The number of hydrogen-bond donors (Lipinski definition) is 0. The molecule has 40 heavy (non-hydrogen) atoms. The van der Waals surface area contributed by atoms with Crippen LogP contribution in [0.2, 0.25) is 0 Å². The Hall–Kier alpha value is -3.29. The normalized spacial score (nSPS) is 22.2. The number of anilines is 2. The summed E-state index contributed by atoms with van der Waals surface area (Å²) in [5.41, 5.74) is 1.80. The highest BCUT2D eigenvalue weighted by atomic mass is 32.2. The predicted octanol–water partition coefficient (Wildman–Crippen LogP) is 2.86. The van der Waals surface area contributed by atoms with Crippen molar-refractivity contribution in [1.29, 1.82) is 0 Å². The van der Waals surface area contributed by atoms with Crippen LogP contribution in [0, 0.1) is 12.7 Å². The predicted molar refractivity (Wildman–Crippen MR) is 159 cm³/mol. The first kappa shape index (κ1) is 26.9. The molecule has 1 amide bonds. The molecule has 0 saturated carbocycles. The largest absolute Gasteiger partial charge is 0.366 e. The van der Waals surface area contributed by atoms with Crippen LogP contribution in [0.25, 0.3) is 11.7 Å². The Balaban J connectivity index is 1.37. The number of carbonyl (C=O) groups excluding carboxylic acids is 1. The third-order valence-corrected chi connectivity index (χ3v) is 10.6. The molecule has 1 unspecified atom stereocenters. The lowest BCUT2D eigenvalue weighted by Crippen LogP contribution is -2.47. The molecule has 6 rings (SSSR count). The van der Waals surface area contributed by atoms with Crippen molar-refractivity contribution in [3.05, 3.63) is 74.8 Å². The summed E-state index contributed by atoms with van der Waals surface area (Å²) in [5.74, 6) is -0.343. The maximum atomic E-state index is 14.4. The van der Waals surface area contributed by atoms with Gasteiger partial charge in [0.25, 0.3) is 11.5 Å². The Kier molecular flexibility index (Phi) is 6.91. The summed E-state index contributed by atoms with van der Waals surface area (Å²) in [7, 11) is -3.22. The number of aromatic nitrogens is 2. The Morgan fingerprint density at radius 2 is 1.80 bits per heavy atom. The minimum Gasteiger partial charge on any atom is -0.366 e. The van der Waals surface area contributed by atoms with E-state index in [9.17, 15) is 22.4 Å². The number of thiocarbonyl (C=S) groups is 1. The number of aryl methyl sites for hydroxylation is 1. The van der Waals surface area contributed by atoms with E-state index in [2.05, 4.69) is 0 Å². The lowest BCUT2D eigenvalue weighted by molar-refractivity contribution is -0.123. The topological polar surface area (TPSA) is 95.3 Å². The number of benzene rings is 1. The zero-order chi connectivity index (χ0) is 28.2. The van der Waals surface area contributed by atoms with Gasteiger partial charge in [-0.1, -0.05) is 42.2 Å². The molecule has 3 saturated heterocycles. The number of thioether (sulfide) groups is 1. The van der Waals surface area contributed by atoms with Crippen molar-refractivity contribution in [1.82, 2.24) is 14.3 Å². The quantitative estimate of drug-likeness (QED) is 0.332. The SMILES string of the molecule is Cc1cccn2c(=O)c(/C=C3/SC(=S)N(C4CCS(=O)(=O)C4)C3=O)c(N3CCN(c4ccccc4F)CC3)nc12. The zero-order valence-corrected chi connectivity index (χ0v) is 24.1. The molecule has 0 spiro atoms. The van der Waals surface area contributed by atoms with Crippen molar-refractivity contribution in [2.24, 2.45) is 0 Å². The minimum absolute atomic E-state index is 0.0199. The summed E-state index contributed by atoms with van der Waals surface area (Å²) in [5, 5.41) is 0. The van der Waals surface area contributed by atoms with Gasteiger partial charge >= 0.3 is 0 Å². The van der Waals surface area contributed by atoms with Gasteiger partial charge in [0, 0.05) is 32.4 Å². The van der Waals surface area contributed by atoms with Crippen LogP contribution < -0.4 is 15.4 Å². The number of hydrogen-bond acceptors (Lipinski definition) is 9. The molecule has 208 valence electrons. The molecule has 0 aliphatic carbocycles. The van der Waals surface area contributed by atoms with Crippen LogP contribution in [0.15, 0.2) is 52.3 Å². The van der Waals surface area contributed by atoms with Crippen LogP contribution in [0.5, 0.6) is 0 Å². The molecule has 9 nitrogen and oxygen atoms in total. The molecule has 1 atom stereocenters. The standard InChI is InChI=1S/C27H26FN5O4S3/c1-17-5-4-9-32-23(17)29-24(31-12-10-30(11-13-31)21-7-3-2-6-20(21)28)19(25(32)34)15-22-26(35)33(27(38)39-22)18-8-14-40(36,37)16-18/h2-7,9,15,18H,8,10-14,16H2,1H3/b22-15+. The van der Waals surface area contributed by atoms with Crippen LogP contribution in [0.1, 0.15) is 17.5 Å². The molecule has 3 aliphatic rings. The summed E-state index contributed by atoms with van der Waals surface area (Å²) in [6.45, 7) is 3.90. The summed E-state index contributed by atoms with van der Waals surface area (Å²) >= 11 is 6.53. The molecular formula is C27H26FN5O4S3. The van der Waals surface area contributed by atoms with E-state index in [4.69, 9.17) is 17.2 Å². The number of pyridine rings is 1. The maximum Gasteiger partial charge on any atom is 0.267 e. The highest BCUT2D eigenvalue weighted by Crippen LogP contribution is 2.37. The Morgan fingerprint density at radius 1 is 1.07 bits per heavy atom. The third kappa shape index (κ3) is 4.79. The van der Waals surface area contributed by atoms with Gasteiger partial charge < -0.3 is 9.80 Å². The van der Waals surface area contributed by atoms with E-state index in [-0.39, 0.29) is 37.7 Å². The summed E-state index contributed by atoms with van der Waals surface area (Å²) in [6, 6.07) is 9.78. The van der Waals surface area contributed by atoms with Crippen LogP contribution in [-0.2, 0) is 14.6 Å². The average molecular weight is 600 g/mol. The zero-order valence-electron chi connectivity index (χ0n) is 21.6. The Bertz CT molecular complexity index is 1750. The van der Waals surface area contributed by atoms with E-state index in [0.717, 1.165) is 17.3 Å². The lowest BCUT2D eigenvalue weighted by Gasteiger charge is -2.37. The molecule has 1 aromatic carbocycles. The van der Waals surface area contributed by atoms with E-state index in [1.54, 1.807) is 30.5 Å². The van der Waals surface area contributed by atoms with Crippen LogP contribution >= 0.6 is 24.0 Å². The van der Waals surface area contributed by atoms with Gasteiger partial charge in [-0.05, 0) is 43.2 Å². The lowest BCUT2D eigenvalue weighted by atomic mass is 10.1. The molecule has 2 aromatic heterocycles. The summed E-state index contributed by atoms with van der Waals surface area (Å²) in [6.07, 6.45) is 3.51. The van der Waals surface area contributed by atoms with Gasteiger partial charge in [-0.25, -0.2) is 17.8 Å². The van der Waals surface area contributed by atoms with E-state index >= 15 is 0 Å². The molecule has 5 heterocycles. The second-order valence-corrected chi connectivity index (χ2v) is 14.0. The first-order chi connectivity index (χ1) is 19.1. The first-order valence-corrected chi connectivity index (χ1v) is 15.9. The number of para-hydroxylation sites is 1. The first-order valence-electron chi connectivity index (χ1n) is 12.9. The van der Waals surface area contributed by atoms with Gasteiger partial charge in [-0.15, -0.1) is 0 Å². The third-order valence-electron chi connectivity index (χ3n) is 7.51. The van der Waals surface area contributed by atoms with Gasteiger partial charge in [-0.3, -0.25) is 18.9 Å². The Morgan fingerprint density at radius 3 is 2.50 bits per heavy atom. The number of carbonyl (C=O) groups is 1. The summed E-state index contributed by atoms with van der Waals surface area (Å²) in [4.78, 5) is 37.7. The molecule has 3 aromatic rings. The van der Waals surface area contributed by atoms with Crippen molar-refractivity contribution in [2.45, 2.75) is 19.4 Å². The van der Waals surface area contributed by atoms with E-state index < -0.39 is 21.8 Å². The molecule has 0 radical (unpaired) electrons. The molecule has 3 fully saturated rings. The fourth-order valence-electron chi connectivity index (χ4n) is 5.44. The van der Waals surface area contributed by atoms with Crippen LogP contribution in [-0.4, -0.2) is 76.7 Å². The van der Waals surface area contributed by atoms with Gasteiger partial charge in [-0.2, -0.15) is 0 Å². The monoisotopic (exact) mass is 599 g/mol. The number of amides is 1. The average Bonchev–Trinajstić information content (AvgIpc) is 3.42. The van der Waals surface area contributed by atoms with Crippen LogP contribution in [0.3, 0.4) is 0 Å². The van der Waals surface area contributed by atoms with Crippen LogP contribution in [0.4, 0.5) is 15.9 Å². The highest BCUT2D eigenvalue weighted by Gasteiger charge is 2.42. The molecular weight excluding hydrogens is 574 g/mol. The summed E-state index contributed by atoms with van der Waals surface area (Å²) < 4.78 is 40.2. The number of fused-ring (bicyclic) bond motifs is 1. The second kappa shape index (κ2) is 10.3. The van der Waals surface area contributed by atoms with Gasteiger partial charge in [0.1, 0.15) is 21.6 Å². The maximum absolute atomic E-state index is 14.4. The van der Waals surface area contributed by atoms with Gasteiger partial charge in [0.05, 0.1) is 33.7 Å². The Labute approximate surface area is 240 Å². The number of rotatable bonds is 4. The molecule has 0 N–H and O–H groups in total. The molecule has 0 bridgehead atoms. The van der Waals surface area contributed by atoms with Crippen molar-refractivity contribution in [3.8, 4) is 0 Å². The van der Waals surface area contributed by atoms with E-state index in [1.165, 1.54) is 21.4 Å². The highest BCUT2D eigenvalue weighted by molar-refractivity contribution is 8.26. The number of sulfone groups is 1. The second-order valence-electron chi connectivity index (χ2n) is 10.1. The van der Waals surface area contributed by atoms with Crippen molar-refractivity contribution >= 4 is 67.3 Å². The van der Waals surface area contributed by atoms with Crippen molar-refractivity contribution < 1.29 is 17.6 Å². The molecule has 13 heteroatoms. The molecule has 3 aliphatic heterocycles. The smallest absolute Gasteiger partial charge is 0.267 e. The number of piperazine rings is 1. The van der Waals surface area contributed by atoms with Crippen molar-refractivity contribution in [2.75, 3.05) is 47.5 Å². The fourth-order valence-corrected chi connectivity index (χ4v) is 8.52. The number of nitrogens with zero attached hydrogens (tertiary/aromatic N) is 5. The van der Waals surface area contributed by atoms with E-state index in [0.29, 0.717) is 49.8 Å².